The summed E-state index contributed by atoms with van der Waals surface area (Å²) < 4.78 is 22.1. The van der Waals surface area contributed by atoms with Crippen molar-refractivity contribution < 1.29 is 8.42 Å². The van der Waals surface area contributed by atoms with E-state index in [9.17, 15) is 8.42 Å². The van der Waals surface area contributed by atoms with Gasteiger partial charge in [-0.1, -0.05) is 23.2 Å². The van der Waals surface area contributed by atoms with Crippen LogP contribution in [0.4, 0.5) is 5.69 Å². The summed E-state index contributed by atoms with van der Waals surface area (Å²) in [6, 6.07) is 6.01. The maximum absolute atomic E-state index is 11.1. The third kappa shape index (κ3) is 3.89. The number of rotatable bonds is 2. The number of nitrogens with zero attached hydrogens (tertiary/aromatic N) is 2. The largest absolute Gasteiger partial charge is 0.276 e. The first-order valence-electron chi connectivity index (χ1n) is 4.23. The molecule has 1 rings (SSSR count). The zero-order valence-electron chi connectivity index (χ0n) is 8.61. The third-order valence-corrected chi connectivity index (χ3v) is 3.28. The van der Waals surface area contributed by atoms with Gasteiger partial charge in [-0.15, -0.1) is 0 Å². The molecule has 0 atom stereocenters. The highest BCUT2D eigenvalue weighted by molar-refractivity contribution is 8.06. The smallest absolute Gasteiger partial charge is 0.251 e. The van der Waals surface area contributed by atoms with E-state index >= 15 is 0 Å². The highest BCUT2D eigenvalue weighted by Gasteiger charge is 2.12. The lowest BCUT2D eigenvalue weighted by Gasteiger charge is -2.02. The van der Waals surface area contributed by atoms with E-state index in [-0.39, 0.29) is 0 Å². The molecule has 0 spiro atoms. The average Bonchev–Trinajstić information content (AvgIpc) is 2.22. The molecule has 5 nitrogen and oxygen atoms in total. The van der Waals surface area contributed by atoms with Crippen LogP contribution in [0.3, 0.4) is 0 Å². The van der Waals surface area contributed by atoms with E-state index < -0.39 is 14.9 Å². The van der Waals surface area contributed by atoms with Gasteiger partial charge in [0.2, 0.25) is 9.84 Å². The molecule has 0 unspecified atom stereocenters. The van der Waals surface area contributed by atoms with Crippen molar-refractivity contribution in [1.82, 2.24) is 0 Å². The average molecular weight is 292 g/mol. The molecule has 1 aromatic carbocycles. The van der Waals surface area contributed by atoms with Crippen LogP contribution in [-0.2, 0) is 9.84 Å². The molecule has 0 amide bonds. The van der Waals surface area contributed by atoms with Gasteiger partial charge in [-0.05, 0) is 18.2 Å². The summed E-state index contributed by atoms with van der Waals surface area (Å²) >= 11 is 11.4. The Balaban J connectivity index is 2.97. The molecule has 0 fully saturated rings. The van der Waals surface area contributed by atoms with Gasteiger partial charge in [-0.2, -0.15) is 10.4 Å². The fourth-order valence-corrected chi connectivity index (χ4v) is 1.55. The van der Waals surface area contributed by atoms with Gasteiger partial charge in [0.05, 0.1) is 15.7 Å². The Kier molecular flexibility index (Phi) is 4.34. The van der Waals surface area contributed by atoms with E-state index in [2.05, 4.69) is 10.5 Å². The van der Waals surface area contributed by atoms with Gasteiger partial charge in [0.15, 0.2) is 0 Å². The molecule has 0 bridgehead atoms. The highest BCUT2D eigenvalue weighted by Crippen LogP contribution is 2.24. The lowest BCUT2D eigenvalue weighted by Crippen LogP contribution is -2.12. The summed E-state index contributed by atoms with van der Waals surface area (Å²) in [5.41, 5.74) is 2.84. The minimum atomic E-state index is -3.64. The normalized spacial score (nSPS) is 12.0. The van der Waals surface area contributed by atoms with Crippen molar-refractivity contribution in [3.8, 4) is 6.07 Å². The van der Waals surface area contributed by atoms with Gasteiger partial charge in [0.1, 0.15) is 6.07 Å². The lowest BCUT2D eigenvalue weighted by atomic mass is 10.3. The van der Waals surface area contributed by atoms with Crippen molar-refractivity contribution >= 4 is 43.8 Å². The summed E-state index contributed by atoms with van der Waals surface area (Å²) in [6.45, 7) is 0. The number of benzene rings is 1. The summed E-state index contributed by atoms with van der Waals surface area (Å²) in [7, 11) is -3.64. The van der Waals surface area contributed by atoms with E-state index in [0.717, 1.165) is 6.26 Å². The van der Waals surface area contributed by atoms with Gasteiger partial charge in [0.25, 0.3) is 5.04 Å². The Morgan fingerprint density at radius 2 is 2.06 bits per heavy atom. The summed E-state index contributed by atoms with van der Waals surface area (Å²) in [5, 5.41) is 12.1. The molecule has 0 aliphatic carbocycles. The zero-order chi connectivity index (χ0) is 13.1. The molecule has 17 heavy (non-hydrogen) atoms. The van der Waals surface area contributed by atoms with Crippen molar-refractivity contribution in [3.05, 3.63) is 28.2 Å². The van der Waals surface area contributed by atoms with Gasteiger partial charge in [0, 0.05) is 6.26 Å². The fourth-order valence-electron chi connectivity index (χ4n) is 0.872. The molecule has 0 radical (unpaired) electrons. The molecule has 0 saturated carbocycles. The van der Waals surface area contributed by atoms with Gasteiger partial charge >= 0.3 is 0 Å². The first-order valence-corrected chi connectivity index (χ1v) is 6.88. The molecule has 8 heteroatoms. The van der Waals surface area contributed by atoms with Crippen LogP contribution in [-0.4, -0.2) is 19.7 Å². The molecular formula is C9H7Cl2N3O2S. The van der Waals surface area contributed by atoms with Crippen molar-refractivity contribution in [1.29, 1.82) is 5.26 Å². The van der Waals surface area contributed by atoms with E-state index in [4.69, 9.17) is 28.5 Å². The minimum absolute atomic E-state index is 0.296. The topological polar surface area (TPSA) is 82.3 Å². The SMILES string of the molecule is CS(=O)(=O)/C(C#N)=N/Nc1ccc(Cl)c(Cl)c1. The molecule has 90 valence electrons. The Morgan fingerprint density at radius 3 is 2.53 bits per heavy atom. The number of hydrogen-bond donors (Lipinski definition) is 1. The third-order valence-electron chi connectivity index (χ3n) is 1.65. The second-order valence-electron chi connectivity index (χ2n) is 3.04. The molecule has 0 aliphatic rings. The van der Waals surface area contributed by atoms with Crippen molar-refractivity contribution in [2.75, 3.05) is 11.7 Å². The predicted molar refractivity (Wildman–Crippen MR) is 68.0 cm³/mol. The van der Waals surface area contributed by atoms with Gasteiger partial charge < -0.3 is 0 Å². The van der Waals surface area contributed by atoms with Crippen LogP contribution in [0.5, 0.6) is 0 Å². The Labute approximate surface area is 109 Å². The van der Waals surface area contributed by atoms with Crippen LogP contribution in [0.15, 0.2) is 23.3 Å². The van der Waals surface area contributed by atoms with E-state index in [0.29, 0.717) is 15.7 Å². The molecule has 0 aliphatic heterocycles. The molecule has 1 aromatic rings. The quantitative estimate of drug-likeness (QED) is 0.515. The second-order valence-corrected chi connectivity index (χ2v) is 5.79. The second kappa shape index (κ2) is 5.36. The first kappa shape index (κ1) is 13.8. The van der Waals surface area contributed by atoms with Crippen LogP contribution in [0, 0.1) is 11.3 Å². The number of nitrogens with one attached hydrogen (secondary N) is 1. The predicted octanol–water partition coefficient (Wildman–Crippen LogP) is 2.29. The Hall–Kier alpha value is -1.29. The van der Waals surface area contributed by atoms with E-state index in [1.165, 1.54) is 18.2 Å². The zero-order valence-corrected chi connectivity index (χ0v) is 10.9. The minimum Gasteiger partial charge on any atom is -0.276 e. The van der Waals surface area contributed by atoms with Gasteiger partial charge in [-0.25, -0.2) is 8.42 Å². The maximum atomic E-state index is 11.1. The molecule has 0 heterocycles. The molecular weight excluding hydrogens is 285 g/mol. The number of sulfone groups is 1. The summed E-state index contributed by atoms with van der Waals surface area (Å²) in [5.74, 6) is 0. The first-order chi connectivity index (χ1) is 7.84. The van der Waals surface area contributed by atoms with E-state index in [1.807, 2.05) is 0 Å². The van der Waals surface area contributed by atoms with Crippen LogP contribution in [0.25, 0.3) is 0 Å². The van der Waals surface area contributed by atoms with Crippen LogP contribution in [0.2, 0.25) is 10.0 Å². The molecule has 1 N–H and O–H groups in total. The number of hydrogen-bond acceptors (Lipinski definition) is 5. The molecule has 0 aromatic heterocycles. The van der Waals surface area contributed by atoms with Gasteiger partial charge in [-0.3, -0.25) is 5.43 Å². The standard InChI is InChI=1S/C9H7Cl2N3O2S/c1-17(15,16)9(5-12)14-13-6-2-3-7(10)8(11)4-6/h2-4,13H,1H3/b14-9+. The summed E-state index contributed by atoms with van der Waals surface area (Å²) in [4.78, 5) is 0. The Morgan fingerprint density at radius 1 is 1.41 bits per heavy atom. The number of anilines is 1. The van der Waals surface area contributed by atoms with Crippen molar-refractivity contribution in [2.24, 2.45) is 5.10 Å². The fraction of sp³-hybridized carbons (Fsp3) is 0.111. The van der Waals surface area contributed by atoms with Crippen molar-refractivity contribution in [2.45, 2.75) is 0 Å². The number of hydrazone groups is 1. The van der Waals surface area contributed by atoms with Crippen molar-refractivity contribution in [3.63, 3.8) is 0 Å². The lowest BCUT2D eigenvalue weighted by molar-refractivity contribution is 0.612. The van der Waals surface area contributed by atoms with Crippen LogP contribution >= 0.6 is 23.2 Å². The van der Waals surface area contributed by atoms with Crippen LogP contribution < -0.4 is 5.43 Å². The highest BCUT2D eigenvalue weighted by atomic mass is 35.5. The summed E-state index contributed by atoms with van der Waals surface area (Å²) in [6.07, 6.45) is 0.894. The monoisotopic (exact) mass is 291 g/mol. The number of halogens is 2. The Bertz CT molecular complexity index is 605. The molecule has 0 saturated heterocycles. The van der Waals surface area contributed by atoms with E-state index in [1.54, 1.807) is 6.07 Å². The number of nitriles is 1. The maximum Gasteiger partial charge on any atom is 0.251 e. The van der Waals surface area contributed by atoms with Crippen LogP contribution in [0.1, 0.15) is 0 Å².